The Labute approximate surface area is 241 Å². The number of hydrogen-bond donors (Lipinski definition) is 2. The van der Waals surface area contributed by atoms with Gasteiger partial charge in [-0.15, -0.1) is 16.4 Å². The molecule has 3 aromatic carbocycles. The van der Waals surface area contributed by atoms with E-state index < -0.39 is 0 Å². The van der Waals surface area contributed by atoms with E-state index in [-0.39, 0.29) is 23.2 Å². The molecule has 8 nitrogen and oxygen atoms in total. The summed E-state index contributed by atoms with van der Waals surface area (Å²) < 4.78 is 0. The number of carbonyl (C=O) groups is 2. The number of aromatic nitrogens is 4. The van der Waals surface area contributed by atoms with Crippen molar-refractivity contribution in [2.75, 3.05) is 10.2 Å². The lowest BCUT2D eigenvalue weighted by Gasteiger charge is -2.25. The molecule has 40 heavy (non-hydrogen) atoms. The lowest BCUT2D eigenvalue weighted by Crippen LogP contribution is -2.30. The Morgan fingerprint density at radius 1 is 0.950 bits per heavy atom. The number of thiophene rings is 1. The van der Waals surface area contributed by atoms with Gasteiger partial charge in [0.1, 0.15) is 0 Å². The largest absolute Gasteiger partial charge is 0.303 e. The molecule has 2 N–H and O–H groups in total. The monoisotopic (exact) mass is 570 g/mol. The highest BCUT2D eigenvalue weighted by atomic mass is 35.5. The first-order chi connectivity index (χ1) is 19.2. The Hall–Kier alpha value is -4.34. The summed E-state index contributed by atoms with van der Waals surface area (Å²) in [4.78, 5) is 28.8. The van der Waals surface area contributed by atoms with E-state index in [0.29, 0.717) is 22.0 Å². The van der Waals surface area contributed by atoms with Crippen LogP contribution < -0.4 is 10.2 Å². The highest BCUT2D eigenvalue weighted by molar-refractivity contribution is 7.12. The average molecular weight is 571 g/mol. The van der Waals surface area contributed by atoms with Crippen molar-refractivity contribution in [3.05, 3.63) is 111 Å². The van der Waals surface area contributed by atoms with E-state index in [0.717, 1.165) is 22.4 Å². The SMILES string of the molecule is CC(C)(C)c1ccc(N(Cc2ccc(C(=O)Nc3nn[nH]n3)cc2)C(=O)c2cc(-c3ccc(Cl)cc3)cs2)cc1. The van der Waals surface area contributed by atoms with Crippen LogP contribution in [-0.2, 0) is 12.0 Å². The first-order valence-electron chi connectivity index (χ1n) is 12.6. The molecular weight excluding hydrogens is 544 g/mol. The number of aromatic amines is 1. The molecular formula is C30H27ClN6O2S. The number of halogens is 1. The van der Waals surface area contributed by atoms with Crippen LogP contribution in [0, 0.1) is 0 Å². The Kier molecular flexibility index (Phi) is 7.77. The lowest BCUT2D eigenvalue weighted by molar-refractivity contribution is 0.0987. The number of carbonyl (C=O) groups excluding carboxylic acids is 2. The second-order valence-electron chi connectivity index (χ2n) is 10.3. The summed E-state index contributed by atoms with van der Waals surface area (Å²) >= 11 is 7.46. The zero-order chi connectivity index (χ0) is 28.3. The fraction of sp³-hybridized carbons (Fsp3) is 0.167. The maximum atomic E-state index is 13.9. The third-order valence-corrected chi connectivity index (χ3v) is 7.58. The molecule has 0 saturated heterocycles. The van der Waals surface area contributed by atoms with Crippen LogP contribution in [0.1, 0.15) is 51.9 Å². The maximum absolute atomic E-state index is 13.9. The normalized spacial score (nSPS) is 11.3. The van der Waals surface area contributed by atoms with Crippen molar-refractivity contribution in [3.8, 4) is 11.1 Å². The molecule has 2 heterocycles. The minimum atomic E-state index is -0.355. The second kappa shape index (κ2) is 11.4. The van der Waals surface area contributed by atoms with Crippen LogP contribution in [0.2, 0.25) is 5.02 Å². The molecule has 0 fully saturated rings. The van der Waals surface area contributed by atoms with Gasteiger partial charge in [0.25, 0.3) is 17.8 Å². The molecule has 2 amide bonds. The van der Waals surface area contributed by atoms with Crippen LogP contribution in [0.5, 0.6) is 0 Å². The second-order valence-corrected chi connectivity index (χ2v) is 11.6. The average Bonchev–Trinajstić information content (AvgIpc) is 3.65. The van der Waals surface area contributed by atoms with Gasteiger partial charge in [-0.25, -0.2) is 0 Å². The first-order valence-corrected chi connectivity index (χ1v) is 13.8. The minimum Gasteiger partial charge on any atom is -0.303 e. The predicted molar refractivity (Wildman–Crippen MR) is 159 cm³/mol. The summed E-state index contributed by atoms with van der Waals surface area (Å²) in [5.41, 5.74) is 5.23. The number of nitrogens with one attached hydrogen (secondary N) is 2. The number of anilines is 2. The molecule has 202 valence electrons. The number of rotatable bonds is 7. The predicted octanol–water partition coefficient (Wildman–Crippen LogP) is 6.98. The van der Waals surface area contributed by atoms with E-state index in [2.05, 4.69) is 58.8 Å². The molecule has 5 rings (SSSR count). The fourth-order valence-electron chi connectivity index (χ4n) is 4.13. The van der Waals surface area contributed by atoms with E-state index in [9.17, 15) is 9.59 Å². The van der Waals surface area contributed by atoms with Crippen LogP contribution in [0.3, 0.4) is 0 Å². The Morgan fingerprint density at radius 2 is 1.65 bits per heavy atom. The van der Waals surface area contributed by atoms with Crippen molar-refractivity contribution in [3.63, 3.8) is 0 Å². The zero-order valence-electron chi connectivity index (χ0n) is 22.2. The quantitative estimate of drug-likeness (QED) is 0.220. The van der Waals surface area contributed by atoms with Gasteiger partial charge >= 0.3 is 0 Å². The smallest absolute Gasteiger partial charge is 0.270 e. The summed E-state index contributed by atoms with van der Waals surface area (Å²) in [7, 11) is 0. The topological polar surface area (TPSA) is 104 Å². The summed E-state index contributed by atoms with van der Waals surface area (Å²) in [6, 6.07) is 24.7. The van der Waals surface area contributed by atoms with Crippen molar-refractivity contribution in [2.45, 2.75) is 32.7 Å². The summed E-state index contributed by atoms with van der Waals surface area (Å²) in [5.74, 6) is -0.363. The highest BCUT2D eigenvalue weighted by Gasteiger charge is 2.22. The van der Waals surface area contributed by atoms with Gasteiger partial charge in [-0.2, -0.15) is 5.21 Å². The van der Waals surface area contributed by atoms with E-state index >= 15 is 0 Å². The lowest BCUT2D eigenvalue weighted by atomic mass is 9.87. The molecule has 2 aromatic heterocycles. The molecule has 5 aromatic rings. The van der Waals surface area contributed by atoms with Gasteiger partial charge in [-0.1, -0.05) is 73.9 Å². The van der Waals surface area contributed by atoms with Crippen LogP contribution in [-0.4, -0.2) is 32.4 Å². The molecule has 0 spiro atoms. The third kappa shape index (κ3) is 6.27. The molecule has 0 atom stereocenters. The summed E-state index contributed by atoms with van der Waals surface area (Å²) in [6.07, 6.45) is 0. The van der Waals surface area contributed by atoms with Crippen molar-refractivity contribution in [1.82, 2.24) is 20.6 Å². The number of amides is 2. The van der Waals surface area contributed by atoms with E-state index in [1.165, 1.54) is 16.9 Å². The van der Waals surface area contributed by atoms with Gasteiger partial charge < -0.3 is 4.90 Å². The van der Waals surface area contributed by atoms with Crippen LogP contribution in [0.25, 0.3) is 11.1 Å². The Balaban J connectivity index is 1.41. The molecule has 0 unspecified atom stereocenters. The van der Waals surface area contributed by atoms with E-state index in [4.69, 9.17) is 11.6 Å². The molecule has 0 aliphatic carbocycles. The van der Waals surface area contributed by atoms with E-state index in [1.54, 1.807) is 17.0 Å². The molecule has 0 bridgehead atoms. The van der Waals surface area contributed by atoms with Crippen molar-refractivity contribution in [1.29, 1.82) is 0 Å². The molecule has 10 heteroatoms. The van der Waals surface area contributed by atoms with Crippen molar-refractivity contribution >= 4 is 46.4 Å². The van der Waals surface area contributed by atoms with Crippen molar-refractivity contribution < 1.29 is 9.59 Å². The Morgan fingerprint density at radius 3 is 2.27 bits per heavy atom. The number of tetrazole rings is 1. The summed E-state index contributed by atoms with van der Waals surface area (Å²) in [5, 5.41) is 18.4. The van der Waals surface area contributed by atoms with E-state index in [1.807, 2.05) is 60.0 Å². The first kappa shape index (κ1) is 27.2. The van der Waals surface area contributed by atoms with Gasteiger partial charge in [0, 0.05) is 16.3 Å². The van der Waals surface area contributed by atoms with Crippen molar-refractivity contribution in [2.24, 2.45) is 0 Å². The van der Waals surface area contributed by atoms with Gasteiger partial charge in [0.2, 0.25) is 0 Å². The zero-order valence-corrected chi connectivity index (χ0v) is 23.8. The molecule has 0 aliphatic heterocycles. The minimum absolute atomic E-state index is 0.00743. The number of hydrogen-bond acceptors (Lipinski definition) is 6. The molecule has 0 saturated carbocycles. The Bertz CT molecular complexity index is 1610. The number of H-pyrrole nitrogens is 1. The van der Waals surface area contributed by atoms with Crippen LogP contribution in [0.15, 0.2) is 84.2 Å². The van der Waals surface area contributed by atoms with Gasteiger partial charge in [-0.3, -0.25) is 14.9 Å². The fourth-order valence-corrected chi connectivity index (χ4v) is 5.12. The van der Waals surface area contributed by atoms with Gasteiger partial charge in [0.15, 0.2) is 0 Å². The molecule has 0 aliphatic rings. The van der Waals surface area contributed by atoms with Crippen LogP contribution in [0.4, 0.5) is 11.6 Å². The standard InChI is InChI=1S/C30H27ClN6O2S/c1-30(2,3)23-10-14-25(15-11-23)37(28(39)26-16-22(18-40-26)20-8-12-24(31)13-9-20)17-19-4-6-21(7-5-19)27(38)32-29-33-35-36-34-29/h4-16,18H,17H2,1-3H3,(H2,32,33,34,35,36,38). The summed E-state index contributed by atoms with van der Waals surface area (Å²) in [6.45, 7) is 6.80. The third-order valence-electron chi connectivity index (χ3n) is 6.41. The highest BCUT2D eigenvalue weighted by Crippen LogP contribution is 2.31. The van der Waals surface area contributed by atoms with Gasteiger partial charge in [0.05, 0.1) is 11.4 Å². The number of nitrogens with zero attached hydrogens (tertiary/aromatic N) is 4. The maximum Gasteiger partial charge on any atom is 0.270 e. The van der Waals surface area contributed by atoms with Gasteiger partial charge in [-0.05, 0) is 80.7 Å². The van der Waals surface area contributed by atoms with Crippen LogP contribution >= 0.6 is 22.9 Å². The molecule has 0 radical (unpaired) electrons. The number of benzene rings is 3.